The molecule has 2 heterocycles. The lowest BCUT2D eigenvalue weighted by molar-refractivity contribution is -0.125. The van der Waals surface area contributed by atoms with E-state index >= 15 is 0 Å². The summed E-state index contributed by atoms with van der Waals surface area (Å²) in [5.41, 5.74) is 2.53. The van der Waals surface area contributed by atoms with Gasteiger partial charge in [-0.15, -0.1) is 0 Å². The maximum absolute atomic E-state index is 12.3. The van der Waals surface area contributed by atoms with E-state index in [9.17, 15) is 14.4 Å². The van der Waals surface area contributed by atoms with E-state index in [2.05, 4.69) is 16.7 Å². The molecule has 3 amide bonds. The lowest BCUT2D eigenvalue weighted by Crippen LogP contribution is -2.30. The average Bonchev–Trinajstić information content (AvgIpc) is 2.93. The van der Waals surface area contributed by atoms with Crippen molar-refractivity contribution in [1.29, 1.82) is 0 Å². The summed E-state index contributed by atoms with van der Waals surface area (Å²) in [6.45, 7) is 2.54. The van der Waals surface area contributed by atoms with Gasteiger partial charge in [-0.3, -0.25) is 19.3 Å². The third kappa shape index (κ3) is 4.04. The molecule has 1 saturated heterocycles. The van der Waals surface area contributed by atoms with Gasteiger partial charge in [-0.05, 0) is 30.7 Å². The van der Waals surface area contributed by atoms with E-state index < -0.39 is 0 Å². The maximum atomic E-state index is 12.3. The zero-order valence-electron chi connectivity index (χ0n) is 13.2. The highest BCUT2D eigenvalue weighted by molar-refractivity contribution is 8.14. The molecule has 2 aliphatic heterocycles. The third-order valence-electron chi connectivity index (χ3n) is 4.00. The van der Waals surface area contributed by atoms with Crippen molar-refractivity contribution in [2.75, 3.05) is 25.4 Å². The van der Waals surface area contributed by atoms with Gasteiger partial charge in [-0.25, -0.2) is 0 Å². The topological polar surface area (TPSA) is 78.5 Å². The Hall–Kier alpha value is -2.12. The van der Waals surface area contributed by atoms with Crippen molar-refractivity contribution < 1.29 is 14.4 Å². The molecule has 6 nitrogen and oxygen atoms in total. The molecule has 0 unspecified atom stereocenters. The molecular formula is C17H19N3O3S. The second kappa shape index (κ2) is 7.63. The van der Waals surface area contributed by atoms with Crippen LogP contribution in [-0.2, 0) is 11.3 Å². The molecule has 126 valence electrons. The van der Waals surface area contributed by atoms with E-state index in [4.69, 9.17) is 0 Å². The molecule has 0 aliphatic carbocycles. The van der Waals surface area contributed by atoms with Crippen LogP contribution in [0.4, 0.5) is 4.79 Å². The van der Waals surface area contributed by atoms with Crippen LogP contribution in [0.25, 0.3) is 0 Å². The number of carbonyl (C=O) groups excluding carboxylic acids is 3. The number of nitrogens with one attached hydrogen (secondary N) is 2. The molecule has 1 fully saturated rings. The Morgan fingerprint density at radius 2 is 2.21 bits per heavy atom. The van der Waals surface area contributed by atoms with Crippen LogP contribution in [-0.4, -0.2) is 47.3 Å². The zero-order valence-corrected chi connectivity index (χ0v) is 14.0. The summed E-state index contributed by atoms with van der Waals surface area (Å²) in [6.07, 6.45) is 3.04. The fourth-order valence-corrected chi connectivity index (χ4v) is 3.38. The minimum Gasteiger partial charge on any atom is -0.348 e. The van der Waals surface area contributed by atoms with Crippen LogP contribution in [0, 0.1) is 0 Å². The van der Waals surface area contributed by atoms with E-state index in [-0.39, 0.29) is 29.4 Å². The molecule has 1 aromatic rings. The van der Waals surface area contributed by atoms with Crippen LogP contribution in [0.5, 0.6) is 0 Å². The molecular weight excluding hydrogens is 326 g/mol. The van der Waals surface area contributed by atoms with Gasteiger partial charge >= 0.3 is 0 Å². The van der Waals surface area contributed by atoms with Crippen molar-refractivity contribution >= 4 is 28.8 Å². The summed E-state index contributed by atoms with van der Waals surface area (Å²) in [6, 6.07) is 7.05. The normalized spacial score (nSPS) is 17.8. The molecule has 0 saturated carbocycles. The van der Waals surface area contributed by atoms with Crippen molar-refractivity contribution in [3.63, 3.8) is 0 Å². The predicted octanol–water partition coefficient (Wildman–Crippen LogP) is 1.53. The van der Waals surface area contributed by atoms with Crippen LogP contribution in [0.15, 0.2) is 35.9 Å². The van der Waals surface area contributed by atoms with Gasteiger partial charge in [0.2, 0.25) is 5.91 Å². The molecule has 24 heavy (non-hydrogen) atoms. The van der Waals surface area contributed by atoms with E-state index in [0.717, 1.165) is 36.8 Å². The van der Waals surface area contributed by atoms with E-state index in [1.165, 1.54) is 10.5 Å². The number of rotatable bonds is 5. The summed E-state index contributed by atoms with van der Waals surface area (Å²) in [7, 11) is 0. The summed E-state index contributed by atoms with van der Waals surface area (Å²) >= 11 is 1.01. The Labute approximate surface area is 144 Å². The Morgan fingerprint density at radius 1 is 1.33 bits per heavy atom. The summed E-state index contributed by atoms with van der Waals surface area (Å²) in [4.78, 5) is 36.9. The fraction of sp³-hybridized carbons (Fsp3) is 0.353. The first-order valence-electron chi connectivity index (χ1n) is 7.86. The molecule has 0 spiro atoms. The molecule has 0 aromatic heterocycles. The van der Waals surface area contributed by atoms with Crippen molar-refractivity contribution in [1.82, 2.24) is 15.5 Å². The number of thioether (sulfide) groups is 1. The van der Waals surface area contributed by atoms with Gasteiger partial charge in [0.25, 0.3) is 11.1 Å². The van der Waals surface area contributed by atoms with Crippen LogP contribution < -0.4 is 10.6 Å². The van der Waals surface area contributed by atoms with Crippen molar-refractivity contribution in [3.8, 4) is 0 Å². The second-order valence-electron chi connectivity index (χ2n) is 5.73. The number of nitrogens with zero attached hydrogens (tertiary/aromatic N) is 1. The molecule has 2 aliphatic rings. The number of benzene rings is 1. The second-order valence-corrected chi connectivity index (χ2v) is 6.66. The number of carbonyl (C=O) groups is 3. The van der Waals surface area contributed by atoms with E-state index in [1.54, 1.807) is 18.2 Å². The van der Waals surface area contributed by atoms with Crippen LogP contribution in [0.2, 0.25) is 0 Å². The van der Waals surface area contributed by atoms with Gasteiger partial charge in [0.05, 0.1) is 12.3 Å². The SMILES string of the molecule is O=C(NCC1=CCNCC1)c1cccc(CN2C(=O)CSC2=O)c1. The molecule has 0 radical (unpaired) electrons. The Morgan fingerprint density at radius 3 is 2.92 bits per heavy atom. The molecule has 0 bridgehead atoms. The number of hydrogen-bond donors (Lipinski definition) is 2. The number of imide groups is 1. The Kier molecular flexibility index (Phi) is 5.32. The molecule has 1 aromatic carbocycles. The smallest absolute Gasteiger partial charge is 0.289 e. The first kappa shape index (κ1) is 16.7. The van der Waals surface area contributed by atoms with Gasteiger partial charge < -0.3 is 10.6 Å². The lowest BCUT2D eigenvalue weighted by Gasteiger charge is -2.15. The van der Waals surface area contributed by atoms with E-state index in [1.807, 2.05) is 6.07 Å². The molecule has 2 N–H and O–H groups in total. The monoisotopic (exact) mass is 345 g/mol. The minimum absolute atomic E-state index is 0.148. The first-order chi connectivity index (χ1) is 11.6. The summed E-state index contributed by atoms with van der Waals surface area (Å²) < 4.78 is 0. The largest absolute Gasteiger partial charge is 0.348 e. The molecule has 7 heteroatoms. The predicted molar refractivity (Wildman–Crippen MR) is 92.7 cm³/mol. The molecule has 0 atom stereocenters. The van der Waals surface area contributed by atoms with Gasteiger partial charge in [-0.2, -0.15) is 0 Å². The maximum Gasteiger partial charge on any atom is 0.289 e. The lowest BCUT2D eigenvalue weighted by atomic mass is 10.1. The van der Waals surface area contributed by atoms with Gasteiger partial charge in [0, 0.05) is 18.7 Å². The van der Waals surface area contributed by atoms with Gasteiger partial charge in [-0.1, -0.05) is 35.5 Å². The number of amides is 3. The third-order valence-corrected chi connectivity index (χ3v) is 4.86. The summed E-state index contributed by atoms with van der Waals surface area (Å²) in [5, 5.41) is 5.92. The van der Waals surface area contributed by atoms with E-state index in [0.29, 0.717) is 12.1 Å². The van der Waals surface area contributed by atoms with Crippen LogP contribution in [0.3, 0.4) is 0 Å². The standard InChI is InChI=1S/C17H19N3O3S/c21-15-11-24-17(23)20(15)10-13-2-1-3-14(8-13)16(22)19-9-12-4-6-18-7-5-12/h1-4,8,18H,5-7,9-11H2,(H,19,22). The van der Waals surface area contributed by atoms with Crippen LogP contribution >= 0.6 is 11.8 Å². The quantitative estimate of drug-likeness (QED) is 0.792. The van der Waals surface area contributed by atoms with Gasteiger partial charge in [0.15, 0.2) is 0 Å². The highest BCUT2D eigenvalue weighted by atomic mass is 32.2. The molecule has 3 rings (SSSR count). The van der Waals surface area contributed by atoms with Crippen molar-refractivity contribution in [2.24, 2.45) is 0 Å². The fourth-order valence-electron chi connectivity index (χ4n) is 2.65. The highest BCUT2D eigenvalue weighted by Crippen LogP contribution is 2.21. The van der Waals surface area contributed by atoms with Crippen molar-refractivity contribution in [2.45, 2.75) is 13.0 Å². The Bertz CT molecular complexity index is 686. The van der Waals surface area contributed by atoms with Crippen LogP contribution in [0.1, 0.15) is 22.3 Å². The minimum atomic E-state index is -0.229. The van der Waals surface area contributed by atoms with Crippen molar-refractivity contribution in [3.05, 3.63) is 47.0 Å². The highest BCUT2D eigenvalue weighted by Gasteiger charge is 2.29. The average molecular weight is 345 g/mol. The zero-order chi connectivity index (χ0) is 16.9. The Balaban J connectivity index is 1.61. The first-order valence-corrected chi connectivity index (χ1v) is 8.85. The number of hydrogen-bond acceptors (Lipinski definition) is 5. The summed E-state index contributed by atoms with van der Waals surface area (Å²) in [5.74, 6) is -0.134. The van der Waals surface area contributed by atoms with Gasteiger partial charge in [0.1, 0.15) is 0 Å².